The lowest BCUT2D eigenvalue weighted by molar-refractivity contribution is -0.260. The number of aliphatic hydroxyl groups is 3. The highest BCUT2D eigenvalue weighted by Crippen LogP contribution is 2.29. The summed E-state index contributed by atoms with van der Waals surface area (Å²) in [7, 11) is 0. The first-order valence-electron chi connectivity index (χ1n) is 9.04. The Bertz CT molecular complexity index is 320. The van der Waals surface area contributed by atoms with E-state index in [1.807, 2.05) is 41.5 Å². The van der Waals surface area contributed by atoms with Crippen LogP contribution in [0.15, 0.2) is 0 Å². The number of aliphatic hydroxyl groups excluding tert-OH is 3. The van der Waals surface area contributed by atoms with Crippen LogP contribution in [0.3, 0.4) is 0 Å². The lowest BCUT2D eigenvalue weighted by atomic mass is 9.84. The van der Waals surface area contributed by atoms with Gasteiger partial charge in [0, 0.05) is 19.8 Å². The Labute approximate surface area is 146 Å². The van der Waals surface area contributed by atoms with E-state index >= 15 is 0 Å². The van der Waals surface area contributed by atoms with Gasteiger partial charge in [0.15, 0.2) is 0 Å². The van der Waals surface area contributed by atoms with Gasteiger partial charge >= 0.3 is 0 Å². The van der Waals surface area contributed by atoms with Crippen molar-refractivity contribution in [2.75, 3.05) is 19.8 Å². The van der Waals surface area contributed by atoms with Crippen molar-refractivity contribution in [1.29, 1.82) is 0 Å². The average Bonchev–Trinajstić information content (AvgIpc) is 2.48. The number of ether oxygens (including phenoxy) is 3. The van der Waals surface area contributed by atoms with Crippen molar-refractivity contribution in [1.82, 2.24) is 0 Å². The lowest BCUT2D eigenvalue weighted by Crippen LogP contribution is -2.66. The van der Waals surface area contributed by atoms with Gasteiger partial charge in [-0.1, -0.05) is 41.5 Å². The molecule has 0 radical (unpaired) electrons. The molecular weight excluding hydrogens is 312 g/mol. The van der Waals surface area contributed by atoms with Crippen LogP contribution in [0.5, 0.6) is 0 Å². The first kappa shape index (κ1) is 21.8. The van der Waals surface area contributed by atoms with Crippen molar-refractivity contribution < 1.29 is 29.5 Å². The standard InChI is InChI=1S/C18H36O6/c1-10(2)7-22-16-14(20)13(19)15(21)17(23-8-11(3)4)18(16)24-9-12(5)6/h10-21H,7-9H2,1-6H3/t13?,14-,15-,16-,17+,18?/m1/s1. The predicted octanol–water partition coefficient (Wildman–Crippen LogP) is 1.21. The minimum Gasteiger partial charge on any atom is -0.387 e. The summed E-state index contributed by atoms with van der Waals surface area (Å²) < 4.78 is 17.6. The highest BCUT2D eigenvalue weighted by atomic mass is 16.6. The third-order valence-electron chi connectivity index (χ3n) is 3.89. The second-order valence-electron chi connectivity index (χ2n) is 8.05. The summed E-state index contributed by atoms with van der Waals surface area (Å²) in [6.07, 6.45) is -5.84. The minimum atomic E-state index is -1.32. The van der Waals surface area contributed by atoms with Crippen LogP contribution in [0, 0.1) is 17.8 Å². The first-order chi connectivity index (χ1) is 11.1. The van der Waals surface area contributed by atoms with E-state index < -0.39 is 36.6 Å². The maximum Gasteiger partial charge on any atom is 0.115 e. The van der Waals surface area contributed by atoms with Crippen molar-refractivity contribution in [3.63, 3.8) is 0 Å². The van der Waals surface area contributed by atoms with Gasteiger partial charge in [0.2, 0.25) is 0 Å². The maximum absolute atomic E-state index is 10.4. The summed E-state index contributed by atoms with van der Waals surface area (Å²) in [6.45, 7) is 13.4. The van der Waals surface area contributed by atoms with Gasteiger partial charge in [-0.05, 0) is 17.8 Å². The molecule has 1 rings (SSSR count). The van der Waals surface area contributed by atoms with Crippen molar-refractivity contribution >= 4 is 0 Å². The van der Waals surface area contributed by atoms with Gasteiger partial charge in [-0.15, -0.1) is 0 Å². The molecule has 6 nitrogen and oxygen atoms in total. The zero-order chi connectivity index (χ0) is 18.4. The molecule has 1 aliphatic rings. The number of hydrogen-bond acceptors (Lipinski definition) is 6. The molecule has 6 atom stereocenters. The van der Waals surface area contributed by atoms with Crippen molar-refractivity contribution in [3.05, 3.63) is 0 Å². The fourth-order valence-corrected chi connectivity index (χ4v) is 2.65. The normalized spacial score (nSPS) is 34.5. The average molecular weight is 348 g/mol. The molecule has 0 spiro atoms. The molecule has 144 valence electrons. The van der Waals surface area contributed by atoms with Gasteiger partial charge in [-0.25, -0.2) is 0 Å². The van der Waals surface area contributed by atoms with Gasteiger partial charge < -0.3 is 29.5 Å². The molecule has 0 aromatic carbocycles. The summed E-state index contributed by atoms with van der Waals surface area (Å²) in [6, 6.07) is 0. The van der Waals surface area contributed by atoms with Crippen LogP contribution in [-0.2, 0) is 14.2 Å². The molecule has 1 fully saturated rings. The van der Waals surface area contributed by atoms with Gasteiger partial charge in [0.1, 0.15) is 36.6 Å². The Kier molecular flexibility index (Phi) is 9.12. The third kappa shape index (κ3) is 6.24. The van der Waals surface area contributed by atoms with E-state index in [1.54, 1.807) is 0 Å². The summed E-state index contributed by atoms with van der Waals surface area (Å²) in [5, 5.41) is 31.0. The molecule has 2 unspecified atom stereocenters. The second kappa shape index (κ2) is 10.0. The van der Waals surface area contributed by atoms with Gasteiger partial charge in [0.05, 0.1) is 0 Å². The van der Waals surface area contributed by atoms with Gasteiger partial charge in [-0.3, -0.25) is 0 Å². The van der Waals surface area contributed by atoms with Crippen LogP contribution < -0.4 is 0 Å². The summed E-state index contributed by atoms with van der Waals surface area (Å²) in [5.74, 6) is 0.853. The smallest absolute Gasteiger partial charge is 0.115 e. The zero-order valence-corrected chi connectivity index (χ0v) is 15.9. The van der Waals surface area contributed by atoms with Crippen LogP contribution in [0.2, 0.25) is 0 Å². The van der Waals surface area contributed by atoms with E-state index in [9.17, 15) is 15.3 Å². The van der Waals surface area contributed by atoms with Crippen molar-refractivity contribution in [3.8, 4) is 0 Å². The fraction of sp³-hybridized carbons (Fsp3) is 1.00. The Morgan fingerprint density at radius 1 is 0.542 bits per heavy atom. The lowest BCUT2D eigenvalue weighted by Gasteiger charge is -2.45. The largest absolute Gasteiger partial charge is 0.387 e. The van der Waals surface area contributed by atoms with E-state index in [0.29, 0.717) is 25.7 Å². The quantitative estimate of drug-likeness (QED) is 0.580. The topological polar surface area (TPSA) is 88.4 Å². The molecule has 0 saturated heterocycles. The SMILES string of the molecule is CC(C)COC1[C@@H](OCC(C)C)[C@H](O)C(O)[C@@H](O)[C@H]1OCC(C)C. The maximum atomic E-state index is 10.4. The van der Waals surface area contributed by atoms with Crippen LogP contribution in [0.4, 0.5) is 0 Å². The molecule has 0 aromatic heterocycles. The highest BCUT2D eigenvalue weighted by molar-refractivity contribution is 5.01. The van der Waals surface area contributed by atoms with Gasteiger partial charge in [0.25, 0.3) is 0 Å². The highest BCUT2D eigenvalue weighted by Gasteiger charge is 2.51. The molecule has 6 heteroatoms. The molecule has 1 aliphatic carbocycles. The van der Waals surface area contributed by atoms with Gasteiger partial charge in [-0.2, -0.15) is 0 Å². The van der Waals surface area contributed by atoms with E-state index in [2.05, 4.69) is 0 Å². The predicted molar refractivity (Wildman–Crippen MR) is 91.8 cm³/mol. The van der Waals surface area contributed by atoms with E-state index in [-0.39, 0.29) is 11.8 Å². The zero-order valence-electron chi connectivity index (χ0n) is 15.9. The van der Waals surface area contributed by atoms with E-state index in [0.717, 1.165) is 0 Å². The molecule has 1 saturated carbocycles. The molecule has 0 aromatic rings. The number of hydrogen-bond donors (Lipinski definition) is 3. The van der Waals surface area contributed by atoms with E-state index in [4.69, 9.17) is 14.2 Å². The number of rotatable bonds is 9. The Balaban J connectivity index is 2.95. The summed E-state index contributed by atoms with van der Waals surface area (Å²) in [5.41, 5.74) is 0. The van der Waals surface area contributed by atoms with Crippen LogP contribution in [-0.4, -0.2) is 71.8 Å². The summed E-state index contributed by atoms with van der Waals surface area (Å²) >= 11 is 0. The Morgan fingerprint density at radius 2 is 0.833 bits per heavy atom. The molecule has 0 bridgehead atoms. The van der Waals surface area contributed by atoms with Crippen molar-refractivity contribution in [2.45, 2.75) is 78.2 Å². The molecule has 24 heavy (non-hydrogen) atoms. The van der Waals surface area contributed by atoms with Crippen molar-refractivity contribution in [2.24, 2.45) is 17.8 Å². The monoisotopic (exact) mass is 348 g/mol. The molecule has 0 amide bonds. The van der Waals surface area contributed by atoms with Crippen LogP contribution in [0.1, 0.15) is 41.5 Å². The molecule has 3 N–H and O–H groups in total. The molecule has 0 heterocycles. The molecular formula is C18H36O6. The van der Waals surface area contributed by atoms with E-state index in [1.165, 1.54) is 0 Å². The third-order valence-corrected chi connectivity index (χ3v) is 3.89. The Morgan fingerprint density at radius 3 is 1.12 bits per heavy atom. The Hall–Kier alpha value is -0.240. The molecule has 0 aliphatic heterocycles. The van der Waals surface area contributed by atoms with Crippen LogP contribution in [0.25, 0.3) is 0 Å². The summed E-state index contributed by atoms with van der Waals surface area (Å²) in [4.78, 5) is 0. The minimum absolute atomic E-state index is 0.280. The fourth-order valence-electron chi connectivity index (χ4n) is 2.65. The van der Waals surface area contributed by atoms with Crippen LogP contribution >= 0.6 is 0 Å². The second-order valence-corrected chi connectivity index (χ2v) is 8.05. The first-order valence-corrected chi connectivity index (χ1v) is 9.04.